The number of hydrogen-bond donors (Lipinski definition) is 0. The molecule has 0 N–H and O–H groups in total. The third-order valence-corrected chi connectivity index (χ3v) is 4.90. The van der Waals surface area contributed by atoms with Crippen LogP contribution in [0.2, 0.25) is 0 Å². The van der Waals surface area contributed by atoms with Gasteiger partial charge in [0.05, 0.1) is 14.2 Å². The minimum absolute atomic E-state index is 0.130. The van der Waals surface area contributed by atoms with E-state index in [1.54, 1.807) is 14.2 Å². The molecule has 3 heteroatoms. The first kappa shape index (κ1) is 20.4. The van der Waals surface area contributed by atoms with Gasteiger partial charge in [0.2, 0.25) is 0 Å². The summed E-state index contributed by atoms with van der Waals surface area (Å²) in [5, 5.41) is 0. The molecule has 2 aromatic carbocycles. The molecule has 3 nitrogen and oxygen atoms in total. The summed E-state index contributed by atoms with van der Waals surface area (Å²) < 4.78 is 10.7. The average Bonchev–Trinajstić information content (AvgIpc) is 2.76. The van der Waals surface area contributed by atoms with Crippen molar-refractivity contribution in [2.75, 3.05) is 14.2 Å². The van der Waals surface area contributed by atoms with Crippen molar-refractivity contribution in [3.05, 3.63) is 95.1 Å². The van der Waals surface area contributed by atoms with Crippen molar-refractivity contribution in [1.82, 2.24) is 0 Å². The molecule has 0 radical (unpaired) electrons. The molecule has 0 amide bonds. The minimum Gasteiger partial charge on any atom is -0.496 e. The smallest absolute Gasteiger partial charge is 0.184 e. The van der Waals surface area contributed by atoms with E-state index in [4.69, 9.17) is 9.47 Å². The van der Waals surface area contributed by atoms with Crippen LogP contribution in [0, 0.1) is 0 Å². The van der Waals surface area contributed by atoms with Gasteiger partial charge in [-0.05, 0) is 42.5 Å². The molecule has 3 rings (SSSR count). The van der Waals surface area contributed by atoms with Gasteiger partial charge in [-0.25, -0.2) is 0 Å². The molecule has 1 saturated carbocycles. The molecule has 0 saturated heterocycles. The van der Waals surface area contributed by atoms with Crippen molar-refractivity contribution in [2.24, 2.45) is 0 Å². The molecule has 1 aliphatic rings. The number of rotatable bonds is 6. The number of allylic oxidation sites excluding steroid dienone is 6. The summed E-state index contributed by atoms with van der Waals surface area (Å²) in [5.74, 6) is 1.77. The van der Waals surface area contributed by atoms with Crippen LogP contribution in [-0.4, -0.2) is 20.0 Å². The molecule has 29 heavy (non-hydrogen) atoms. The normalized spacial score (nSPS) is 17.5. The summed E-state index contributed by atoms with van der Waals surface area (Å²) >= 11 is 0. The van der Waals surface area contributed by atoms with Gasteiger partial charge in [0.1, 0.15) is 11.5 Å². The molecule has 2 aromatic rings. The van der Waals surface area contributed by atoms with E-state index in [2.05, 4.69) is 0 Å². The monoisotopic (exact) mass is 386 g/mol. The van der Waals surface area contributed by atoms with E-state index in [1.165, 1.54) is 0 Å². The summed E-state index contributed by atoms with van der Waals surface area (Å²) in [5.41, 5.74) is 3.68. The number of ketones is 1. The number of para-hydroxylation sites is 2. The average molecular weight is 386 g/mol. The number of methoxy groups -OCH3 is 2. The fraction of sp³-hybridized carbons (Fsp3) is 0.192. The Morgan fingerprint density at radius 1 is 0.724 bits per heavy atom. The zero-order valence-electron chi connectivity index (χ0n) is 16.9. The van der Waals surface area contributed by atoms with Crippen molar-refractivity contribution < 1.29 is 14.3 Å². The lowest BCUT2D eigenvalue weighted by Crippen LogP contribution is -2.12. The Morgan fingerprint density at radius 2 is 1.17 bits per heavy atom. The van der Waals surface area contributed by atoms with Crippen molar-refractivity contribution in [2.45, 2.75) is 19.3 Å². The van der Waals surface area contributed by atoms with Crippen LogP contribution in [0.5, 0.6) is 11.5 Å². The minimum atomic E-state index is 0.130. The van der Waals surface area contributed by atoms with Crippen LogP contribution in [-0.2, 0) is 4.79 Å². The van der Waals surface area contributed by atoms with E-state index in [1.807, 2.05) is 85.0 Å². The molecule has 0 unspecified atom stereocenters. The third-order valence-electron chi connectivity index (χ3n) is 4.90. The van der Waals surface area contributed by atoms with E-state index in [9.17, 15) is 4.79 Å². The number of carbonyl (C=O) groups is 1. The van der Waals surface area contributed by atoms with Gasteiger partial charge in [-0.1, -0.05) is 72.9 Å². The number of benzene rings is 2. The molecule has 0 heterocycles. The Kier molecular flexibility index (Phi) is 7.23. The van der Waals surface area contributed by atoms with Crippen molar-refractivity contribution >= 4 is 17.9 Å². The van der Waals surface area contributed by atoms with E-state index in [-0.39, 0.29) is 5.78 Å². The molecule has 0 spiro atoms. The van der Waals surface area contributed by atoms with E-state index in [0.717, 1.165) is 53.0 Å². The lowest BCUT2D eigenvalue weighted by atomic mass is 9.88. The molecule has 0 aromatic heterocycles. The Balaban J connectivity index is 1.72. The van der Waals surface area contributed by atoms with Crippen LogP contribution in [0.1, 0.15) is 30.4 Å². The Labute approximate surface area is 172 Å². The lowest BCUT2D eigenvalue weighted by molar-refractivity contribution is -0.113. The third kappa shape index (κ3) is 5.35. The molecular formula is C26H26O3. The fourth-order valence-corrected chi connectivity index (χ4v) is 3.36. The largest absolute Gasteiger partial charge is 0.496 e. The van der Waals surface area contributed by atoms with Gasteiger partial charge >= 0.3 is 0 Å². The van der Waals surface area contributed by atoms with Crippen molar-refractivity contribution in [1.29, 1.82) is 0 Å². The predicted molar refractivity (Wildman–Crippen MR) is 119 cm³/mol. The molecule has 0 atom stereocenters. The standard InChI is InChI=1S/C26H26O3/c1-28-24-18-5-3-10-20(24)12-7-14-22-16-9-17-23(26(22)27)15-8-13-21-11-4-6-19-25(21)29-2/h3-8,10-15,18-19H,9,16-17H2,1-2H3. The number of carbonyl (C=O) groups excluding carboxylic acids is 1. The zero-order valence-corrected chi connectivity index (χ0v) is 16.9. The van der Waals surface area contributed by atoms with E-state index >= 15 is 0 Å². The topological polar surface area (TPSA) is 35.5 Å². The van der Waals surface area contributed by atoms with Crippen LogP contribution in [0.3, 0.4) is 0 Å². The first-order chi connectivity index (χ1) is 14.2. The number of ether oxygens (including phenoxy) is 2. The number of hydrogen-bond acceptors (Lipinski definition) is 3. The highest BCUT2D eigenvalue weighted by atomic mass is 16.5. The zero-order chi connectivity index (χ0) is 20.5. The summed E-state index contributed by atoms with van der Waals surface area (Å²) in [6.45, 7) is 0. The highest BCUT2D eigenvalue weighted by molar-refractivity contribution is 6.09. The van der Waals surface area contributed by atoms with Crippen LogP contribution in [0.25, 0.3) is 12.2 Å². The maximum atomic E-state index is 12.8. The van der Waals surface area contributed by atoms with Gasteiger partial charge in [0, 0.05) is 11.1 Å². The lowest BCUT2D eigenvalue weighted by Gasteiger charge is -2.15. The maximum Gasteiger partial charge on any atom is 0.184 e. The van der Waals surface area contributed by atoms with Crippen LogP contribution in [0.4, 0.5) is 0 Å². The molecule has 148 valence electrons. The Bertz CT molecular complexity index is 899. The van der Waals surface area contributed by atoms with E-state index in [0.29, 0.717) is 0 Å². The first-order valence-electron chi connectivity index (χ1n) is 9.78. The second kappa shape index (κ2) is 10.3. The highest BCUT2D eigenvalue weighted by Gasteiger charge is 2.19. The quantitative estimate of drug-likeness (QED) is 0.568. The summed E-state index contributed by atoms with van der Waals surface area (Å²) in [6.07, 6.45) is 14.2. The first-order valence-corrected chi connectivity index (χ1v) is 9.78. The fourth-order valence-electron chi connectivity index (χ4n) is 3.36. The summed E-state index contributed by atoms with van der Waals surface area (Å²) in [4.78, 5) is 12.8. The van der Waals surface area contributed by atoms with Gasteiger partial charge in [-0.15, -0.1) is 0 Å². The van der Waals surface area contributed by atoms with Gasteiger partial charge in [-0.2, -0.15) is 0 Å². The van der Waals surface area contributed by atoms with Gasteiger partial charge in [-0.3, -0.25) is 4.79 Å². The Hall–Kier alpha value is -3.33. The highest BCUT2D eigenvalue weighted by Crippen LogP contribution is 2.26. The second-order valence-electron chi connectivity index (χ2n) is 6.77. The molecule has 0 bridgehead atoms. The van der Waals surface area contributed by atoms with Gasteiger partial charge < -0.3 is 9.47 Å². The van der Waals surface area contributed by atoms with Crippen LogP contribution in [0.15, 0.2) is 84.0 Å². The van der Waals surface area contributed by atoms with Crippen LogP contribution < -0.4 is 9.47 Å². The molecule has 1 aliphatic carbocycles. The summed E-state index contributed by atoms with van der Waals surface area (Å²) in [7, 11) is 3.32. The van der Waals surface area contributed by atoms with Gasteiger partial charge in [0.25, 0.3) is 0 Å². The van der Waals surface area contributed by atoms with E-state index < -0.39 is 0 Å². The van der Waals surface area contributed by atoms with Gasteiger partial charge in [0.15, 0.2) is 5.78 Å². The predicted octanol–water partition coefficient (Wildman–Crippen LogP) is 6.04. The Morgan fingerprint density at radius 3 is 1.62 bits per heavy atom. The summed E-state index contributed by atoms with van der Waals surface area (Å²) in [6, 6.07) is 15.6. The molecule has 0 aliphatic heterocycles. The molecular weight excluding hydrogens is 360 g/mol. The second-order valence-corrected chi connectivity index (χ2v) is 6.77. The van der Waals surface area contributed by atoms with Crippen molar-refractivity contribution in [3.63, 3.8) is 0 Å². The maximum absolute atomic E-state index is 12.8. The van der Waals surface area contributed by atoms with Crippen molar-refractivity contribution in [3.8, 4) is 11.5 Å². The number of Topliss-reactive ketones (excluding diaryl/α,β-unsaturated/α-hetero) is 1. The molecule has 1 fully saturated rings. The van der Waals surface area contributed by atoms with Crippen LogP contribution >= 0.6 is 0 Å². The SMILES string of the molecule is COc1ccccc1C=CC=C1CCCC(=CC=Cc2ccccc2OC)C1=O.